The van der Waals surface area contributed by atoms with E-state index in [1.165, 1.54) is 31.9 Å². The summed E-state index contributed by atoms with van der Waals surface area (Å²) in [7, 11) is 0. The SMILES string of the molecule is CCCCCCCc1ccc(-c2ccc(C(=O)NC3CC(O)C(O)NC(=O)C4C(O)C(C)CN4C(=O)C(C(O)CC(N)=O)NC(=O)C(C(O)C(O)c4ccc(O)c(OSOO[O-])c4)NC(=O)C4CC(O)CN4C(=O)C(C(C)O)NC3=O)cc2)cc1.[Na+]. The van der Waals surface area contributed by atoms with Gasteiger partial charge in [-0.3, -0.25) is 43.4 Å². The van der Waals surface area contributed by atoms with Crippen LogP contribution in [0.5, 0.6) is 11.5 Å². The van der Waals surface area contributed by atoms with Crippen LogP contribution in [0.15, 0.2) is 66.7 Å². The Labute approximate surface area is 520 Å². The number of carbonyl (C=O) groups excluding carboxylic acids is 8. The molecule has 86 heavy (non-hydrogen) atoms. The molecule has 29 nitrogen and oxygen atoms in total. The Hall–Kier alpha value is -6.07. The van der Waals surface area contributed by atoms with Gasteiger partial charge in [0.1, 0.15) is 54.6 Å². The number of unbranched alkanes of at least 4 members (excludes halogenated alkanes) is 4. The Morgan fingerprint density at radius 1 is 0.767 bits per heavy atom. The fraction of sp³-hybridized carbons (Fsp3) is 0.527. The number of aliphatic hydroxyl groups is 8. The molecular weight excluding hydrogens is 1160 g/mol. The van der Waals surface area contributed by atoms with Crippen LogP contribution in [-0.4, -0.2) is 195 Å². The van der Waals surface area contributed by atoms with Crippen LogP contribution in [0.4, 0.5) is 0 Å². The number of rotatable bonds is 20. The number of carbonyl (C=O) groups is 8. The van der Waals surface area contributed by atoms with Crippen LogP contribution in [0.3, 0.4) is 0 Å². The molecule has 3 aromatic carbocycles. The fourth-order valence-electron chi connectivity index (χ4n) is 10.3. The molecule has 15 unspecified atom stereocenters. The summed E-state index contributed by atoms with van der Waals surface area (Å²) in [5.74, 6) is -12.6. The number of aryl methyl sites for hydroxylation is 1. The molecule has 0 aromatic heterocycles. The van der Waals surface area contributed by atoms with Crippen LogP contribution in [0.2, 0.25) is 0 Å². The second-order valence-electron chi connectivity index (χ2n) is 21.4. The third-order valence-corrected chi connectivity index (χ3v) is 15.4. The number of phenols is 1. The minimum absolute atomic E-state index is 0. The van der Waals surface area contributed by atoms with E-state index in [0.717, 1.165) is 67.5 Å². The van der Waals surface area contributed by atoms with Crippen molar-refractivity contribution in [1.82, 2.24) is 36.4 Å². The number of aliphatic hydroxyl groups excluding tert-OH is 8. The topological polar surface area (TPSA) is 462 Å². The van der Waals surface area contributed by atoms with E-state index < -0.39 is 182 Å². The van der Waals surface area contributed by atoms with Crippen LogP contribution in [0.25, 0.3) is 11.1 Å². The molecule has 0 radical (unpaired) electrons. The standard InChI is InChI=1S/C55H74N8O21S.Na/c1-4-5-6-7-8-9-28-10-12-29(13-11-28)30-14-16-31(17-15-30)48(73)57-34-22-38(68)51(76)61-53(78)44-45(70)26(2)24-63(44)55(80)42(37(67)23-40(56)69)59-52(77)43(47(72)46(71)32-18-19-36(66)39(20-32)82-85-84-83-81)60-50(75)35-21-33(65)25-62(35)54(79)41(27(3)64)58-49(34)74;/h10-20,26-27,33-35,37-38,41-47,51,64-68,70-72,76,81H,4-9,21-25H2,1-3H3,(H2,56,69)(H,57,73)(H,58,74)(H,59,77)(H,60,75)(H,61,78);/q;+1/p-1. The zero-order valence-corrected chi connectivity index (χ0v) is 50.4. The maximum atomic E-state index is 14.7. The largest absolute Gasteiger partial charge is 1.00 e. The zero-order chi connectivity index (χ0) is 62.4. The summed E-state index contributed by atoms with van der Waals surface area (Å²) in [6.07, 6.45) is -12.9. The number of amides is 8. The molecule has 31 heteroatoms. The summed E-state index contributed by atoms with van der Waals surface area (Å²) in [4.78, 5) is 115. The minimum atomic E-state index is -2.56. The van der Waals surface area contributed by atoms with Crippen molar-refractivity contribution >= 4 is 59.6 Å². The molecule has 0 saturated carbocycles. The normalized spacial score (nSPS) is 26.7. The van der Waals surface area contributed by atoms with Gasteiger partial charge in [-0.05, 0) is 66.3 Å². The van der Waals surface area contributed by atoms with Crippen LogP contribution in [-0.2, 0) is 49.4 Å². The molecule has 3 heterocycles. The van der Waals surface area contributed by atoms with Crippen molar-refractivity contribution in [1.29, 1.82) is 0 Å². The molecule has 3 fully saturated rings. The molecule has 0 spiro atoms. The average Bonchev–Trinajstić information content (AvgIpc) is 2.05. The number of hydrogen-bond acceptors (Lipinski definition) is 22. The molecule has 15 atom stereocenters. The summed E-state index contributed by atoms with van der Waals surface area (Å²) in [6.45, 7) is 3.40. The van der Waals surface area contributed by atoms with E-state index in [-0.39, 0.29) is 53.0 Å². The number of nitrogens with two attached hydrogens (primary N) is 1. The molecule has 0 bridgehead atoms. The van der Waals surface area contributed by atoms with E-state index in [2.05, 4.69) is 37.6 Å². The van der Waals surface area contributed by atoms with Gasteiger partial charge in [-0.1, -0.05) is 82.0 Å². The summed E-state index contributed by atoms with van der Waals surface area (Å²) in [6, 6.07) is 4.23. The van der Waals surface area contributed by atoms with Crippen molar-refractivity contribution in [3.05, 3.63) is 83.4 Å². The monoisotopic (exact) mass is 1240 g/mol. The van der Waals surface area contributed by atoms with Gasteiger partial charge in [-0.15, -0.1) is 4.33 Å². The third-order valence-electron chi connectivity index (χ3n) is 15.1. The molecular formula is C55H73N8NaO21S. The number of nitrogens with one attached hydrogen (secondary N) is 5. The van der Waals surface area contributed by atoms with E-state index in [1.807, 2.05) is 29.6 Å². The Morgan fingerprint density at radius 2 is 1.38 bits per heavy atom. The van der Waals surface area contributed by atoms with Gasteiger partial charge in [0.2, 0.25) is 41.4 Å². The maximum absolute atomic E-state index is 14.7. The first-order chi connectivity index (χ1) is 40.3. The summed E-state index contributed by atoms with van der Waals surface area (Å²) < 4.78 is 9.03. The van der Waals surface area contributed by atoms with Gasteiger partial charge in [0.05, 0.1) is 30.8 Å². The van der Waals surface area contributed by atoms with Gasteiger partial charge < -0.3 is 97.5 Å². The Morgan fingerprint density at radius 3 is 2.01 bits per heavy atom. The van der Waals surface area contributed by atoms with Crippen molar-refractivity contribution in [2.45, 2.75) is 164 Å². The van der Waals surface area contributed by atoms with Crippen molar-refractivity contribution in [3.63, 3.8) is 0 Å². The number of fused-ring (bicyclic) bond motifs is 2. The summed E-state index contributed by atoms with van der Waals surface area (Å²) in [5, 5.41) is 126. The van der Waals surface area contributed by atoms with Crippen LogP contribution in [0, 0.1) is 5.92 Å². The van der Waals surface area contributed by atoms with Crippen molar-refractivity contribution in [2.75, 3.05) is 13.1 Å². The molecule has 16 N–H and O–H groups in total. The summed E-state index contributed by atoms with van der Waals surface area (Å²) in [5.41, 5.74) is 7.71. The summed E-state index contributed by atoms with van der Waals surface area (Å²) >= 11 is -0.0930. The number of primary amides is 1. The van der Waals surface area contributed by atoms with E-state index in [0.29, 0.717) is 9.80 Å². The van der Waals surface area contributed by atoms with E-state index >= 15 is 0 Å². The molecule has 3 saturated heterocycles. The van der Waals surface area contributed by atoms with Crippen molar-refractivity contribution in [3.8, 4) is 22.6 Å². The third kappa shape index (κ3) is 18.3. The number of benzene rings is 3. The van der Waals surface area contributed by atoms with Gasteiger partial charge in [0, 0.05) is 37.4 Å². The van der Waals surface area contributed by atoms with E-state index in [9.17, 15) is 89.6 Å². The molecule has 3 aliphatic rings. The Kier molecular flexibility index (Phi) is 26.9. The maximum Gasteiger partial charge on any atom is 1.00 e. The molecule has 0 aliphatic carbocycles. The predicted octanol–water partition coefficient (Wildman–Crippen LogP) is -6.63. The van der Waals surface area contributed by atoms with E-state index in [4.69, 9.17) is 9.92 Å². The number of hydrogen-bond donors (Lipinski definition) is 15. The van der Waals surface area contributed by atoms with Gasteiger partial charge in [-0.2, -0.15) is 0 Å². The quantitative estimate of drug-likeness (QED) is 0.0164. The first-order valence-corrected chi connectivity index (χ1v) is 28.2. The first-order valence-electron chi connectivity index (χ1n) is 27.5. The van der Waals surface area contributed by atoms with Crippen molar-refractivity contribution < 1.29 is 133 Å². The Bertz CT molecular complexity index is 2830. The average molecular weight is 1240 g/mol. The van der Waals surface area contributed by atoms with Gasteiger partial charge in [0.15, 0.2) is 17.7 Å². The molecule has 466 valence electrons. The molecule has 8 amide bonds. The van der Waals surface area contributed by atoms with Gasteiger partial charge >= 0.3 is 29.6 Å². The van der Waals surface area contributed by atoms with Crippen LogP contribution < -0.4 is 71.3 Å². The fourth-order valence-corrected chi connectivity index (χ4v) is 10.6. The molecule has 6 rings (SSSR count). The smallest absolute Gasteiger partial charge is 0.691 e. The van der Waals surface area contributed by atoms with Crippen molar-refractivity contribution in [2.24, 2.45) is 11.7 Å². The number of phenolic OH excluding ortho intramolecular Hbond substituents is 1. The van der Waals surface area contributed by atoms with E-state index in [1.54, 1.807) is 12.1 Å². The second-order valence-corrected chi connectivity index (χ2v) is 21.8. The van der Waals surface area contributed by atoms with Gasteiger partial charge in [-0.25, -0.2) is 0 Å². The van der Waals surface area contributed by atoms with Gasteiger partial charge in [0.25, 0.3) is 18.2 Å². The number of aromatic hydroxyl groups is 1. The molecule has 3 aliphatic heterocycles. The Balaban J connectivity index is 0.0000135. The van der Waals surface area contributed by atoms with Crippen LogP contribution >= 0.6 is 12.3 Å². The minimum Gasteiger partial charge on any atom is -0.691 e. The predicted molar refractivity (Wildman–Crippen MR) is 294 cm³/mol. The second kappa shape index (κ2) is 32.8. The van der Waals surface area contributed by atoms with Crippen LogP contribution in [0.1, 0.15) is 99.7 Å². The first kappa shape index (κ1) is 70.7. The zero-order valence-electron chi connectivity index (χ0n) is 47.6. The molecule has 3 aromatic rings. The number of nitrogens with zero attached hydrogens (tertiary/aromatic N) is 2.